The molecule has 0 aliphatic heterocycles. The Morgan fingerprint density at radius 2 is 1.76 bits per heavy atom. The van der Waals surface area contributed by atoms with E-state index in [1.54, 1.807) is 16.7 Å². The van der Waals surface area contributed by atoms with Crippen LogP contribution in [0.5, 0.6) is 5.75 Å². The summed E-state index contributed by atoms with van der Waals surface area (Å²) in [6, 6.07) is 14.8. The largest absolute Gasteiger partial charge is 0.506 e. The number of fused-ring (bicyclic) bond motifs is 1. The van der Waals surface area contributed by atoms with E-state index < -0.39 is 0 Å². The number of phenolic OH excluding ortho intramolecular Hbond substituents is 1. The van der Waals surface area contributed by atoms with Crippen LogP contribution >= 0.6 is 0 Å². The standard InChI is InChI=1S/C13H11N3O/c14-13-15-10-7-4-8-11(17)12(10)16(13)9-5-2-1-3-6-9/h1-8,17H,(H2,14,15). The summed E-state index contributed by atoms with van der Waals surface area (Å²) in [6.45, 7) is 0. The third-order valence-electron chi connectivity index (χ3n) is 2.70. The number of para-hydroxylation sites is 2. The highest BCUT2D eigenvalue weighted by Crippen LogP contribution is 2.29. The maximum atomic E-state index is 9.91. The molecule has 0 amide bonds. The number of aromatic hydroxyl groups is 1. The molecule has 0 aliphatic rings. The van der Waals surface area contributed by atoms with Crippen molar-refractivity contribution in [2.24, 2.45) is 0 Å². The van der Waals surface area contributed by atoms with Gasteiger partial charge in [-0.25, -0.2) is 4.98 Å². The molecule has 17 heavy (non-hydrogen) atoms. The van der Waals surface area contributed by atoms with Gasteiger partial charge in [-0.2, -0.15) is 0 Å². The lowest BCUT2D eigenvalue weighted by molar-refractivity contribution is 0.479. The summed E-state index contributed by atoms with van der Waals surface area (Å²) in [5.74, 6) is 0.545. The van der Waals surface area contributed by atoms with Crippen LogP contribution in [0.2, 0.25) is 0 Å². The van der Waals surface area contributed by atoms with Crippen molar-refractivity contribution in [3.63, 3.8) is 0 Å². The molecule has 84 valence electrons. The van der Waals surface area contributed by atoms with Gasteiger partial charge in [-0.15, -0.1) is 0 Å². The Balaban J connectivity index is 2.40. The van der Waals surface area contributed by atoms with E-state index in [0.29, 0.717) is 17.0 Å². The van der Waals surface area contributed by atoms with Gasteiger partial charge in [0.1, 0.15) is 11.3 Å². The summed E-state index contributed by atoms with van der Waals surface area (Å²) in [7, 11) is 0. The number of imidazole rings is 1. The molecule has 2 aromatic carbocycles. The van der Waals surface area contributed by atoms with Gasteiger partial charge in [-0.3, -0.25) is 4.57 Å². The molecule has 0 saturated heterocycles. The Morgan fingerprint density at radius 3 is 2.53 bits per heavy atom. The van der Waals surface area contributed by atoms with Gasteiger partial charge in [-0.05, 0) is 24.3 Å². The van der Waals surface area contributed by atoms with Crippen LogP contribution in [0.4, 0.5) is 5.95 Å². The normalized spacial score (nSPS) is 10.8. The Hall–Kier alpha value is -2.49. The van der Waals surface area contributed by atoms with Crippen LogP contribution in [0.3, 0.4) is 0 Å². The van der Waals surface area contributed by atoms with Gasteiger partial charge in [0.25, 0.3) is 0 Å². The summed E-state index contributed by atoms with van der Waals surface area (Å²) >= 11 is 0. The molecule has 0 aliphatic carbocycles. The zero-order chi connectivity index (χ0) is 11.8. The number of anilines is 1. The molecule has 0 spiro atoms. The minimum absolute atomic E-state index is 0.176. The smallest absolute Gasteiger partial charge is 0.206 e. The first kappa shape index (κ1) is 9.72. The minimum atomic E-state index is 0.176. The van der Waals surface area contributed by atoms with Gasteiger partial charge < -0.3 is 10.8 Å². The molecule has 4 nitrogen and oxygen atoms in total. The van der Waals surface area contributed by atoms with Crippen molar-refractivity contribution in [1.29, 1.82) is 0 Å². The first-order valence-corrected chi connectivity index (χ1v) is 5.29. The molecule has 4 heteroatoms. The highest BCUT2D eigenvalue weighted by molar-refractivity contribution is 5.86. The molecule has 1 aromatic heterocycles. The quantitative estimate of drug-likeness (QED) is 0.668. The van der Waals surface area contributed by atoms with Crippen LogP contribution in [-0.4, -0.2) is 14.7 Å². The number of hydrogen-bond donors (Lipinski definition) is 2. The highest BCUT2D eigenvalue weighted by atomic mass is 16.3. The van der Waals surface area contributed by atoms with E-state index in [9.17, 15) is 5.11 Å². The van der Waals surface area contributed by atoms with Gasteiger partial charge in [-0.1, -0.05) is 24.3 Å². The molecular formula is C13H11N3O. The number of phenols is 1. The number of benzene rings is 2. The van der Waals surface area contributed by atoms with E-state index in [4.69, 9.17) is 5.73 Å². The van der Waals surface area contributed by atoms with Crippen molar-refractivity contribution in [3.05, 3.63) is 48.5 Å². The van der Waals surface area contributed by atoms with Gasteiger partial charge in [0, 0.05) is 5.69 Å². The second-order valence-electron chi connectivity index (χ2n) is 3.79. The SMILES string of the molecule is Nc1nc2cccc(O)c2n1-c1ccccc1. The van der Waals surface area contributed by atoms with Crippen molar-refractivity contribution >= 4 is 17.0 Å². The fraction of sp³-hybridized carbons (Fsp3) is 0. The first-order chi connectivity index (χ1) is 8.27. The number of rotatable bonds is 1. The molecule has 0 bridgehead atoms. The van der Waals surface area contributed by atoms with Crippen molar-refractivity contribution in [3.8, 4) is 11.4 Å². The maximum absolute atomic E-state index is 9.91. The molecule has 0 fully saturated rings. The lowest BCUT2D eigenvalue weighted by Crippen LogP contribution is -2.00. The number of nitrogen functional groups attached to an aromatic ring is 1. The Labute approximate surface area is 97.9 Å². The van der Waals surface area contributed by atoms with Crippen LogP contribution in [-0.2, 0) is 0 Å². The molecule has 3 rings (SSSR count). The van der Waals surface area contributed by atoms with Crippen LogP contribution in [0.25, 0.3) is 16.7 Å². The Bertz CT molecular complexity index is 674. The van der Waals surface area contributed by atoms with E-state index in [-0.39, 0.29) is 5.75 Å². The third-order valence-corrected chi connectivity index (χ3v) is 2.70. The average molecular weight is 225 g/mol. The number of hydrogen-bond acceptors (Lipinski definition) is 3. The molecule has 1 heterocycles. The topological polar surface area (TPSA) is 64.1 Å². The number of aromatic nitrogens is 2. The van der Waals surface area contributed by atoms with Crippen LogP contribution in [0.15, 0.2) is 48.5 Å². The average Bonchev–Trinajstić information content (AvgIpc) is 2.68. The molecule has 0 radical (unpaired) electrons. The molecular weight excluding hydrogens is 214 g/mol. The highest BCUT2D eigenvalue weighted by Gasteiger charge is 2.12. The Kier molecular flexibility index (Phi) is 2.01. The fourth-order valence-corrected chi connectivity index (χ4v) is 1.97. The van der Waals surface area contributed by atoms with Crippen molar-refractivity contribution in [2.45, 2.75) is 0 Å². The van der Waals surface area contributed by atoms with Crippen LogP contribution in [0.1, 0.15) is 0 Å². The van der Waals surface area contributed by atoms with Crippen LogP contribution < -0.4 is 5.73 Å². The second-order valence-corrected chi connectivity index (χ2v) is 3.79. The zero-order valence-corrected chi connectivity index (χ0v) is 9.04. The van der Waals surface area contributed by atoms with E-state index in [1.807, 2.05) is 36.4 Å². The molecule has 0 saturated carbocycles. The summed E-state index contributed by atoms with van der Waals surface area (Å²) in [5, 5.41) is 9.91. The lowest BCUT2D eigenvalue weighted by atomic mass is 10.2. The van der Waals surface area contributed by atoms with Gasteiger partial charge in [0.15, 0.2) is 0 Å². The molecule has 3 N–H and O–H groups in total. The van der Waals surface area contributed by atoms with E-state index >= 15 is 0 Å². The number of nitrogens with two attached hydrogens (primary N) is 1. The fourth-order valence-electron chi connectivity index (χ4n) is 1.97. The van der Waals surface area contributed by atoms with Crippen molar-refractivity contribution < 1.29 is 5.11 Å². The van der Waals surface area contributed by atoms with Gasteiger partial charge in [0.2, 0.25) is 5.95 Å². The van der Waals surface area contributed by atoms with Crippen LogP contribution in [0, 0.1) is 0 Å². The lowest BCUT2D eigenvalue weighted by Gasteiger charge is -2.06. The third kappa shape index (κ3) is 1.42. The molecule has 3 aromatic rings. The van der Waals surface area contributed by atoms with E-state index in [1.165, 1.54) is 0 Å². The summed E-state index contributed by atoms with van der Waals surface area (Å²) in [6.07, 6.45) is 0. The summed E-state index contributed by atoms with van der Waals surface area (Å²) in [4.78, 5) is 4.23. The summed E-state index contributed by atoms with van der Waals surface area (Å²) in [5.41, 5.74) is 8.10. The maximum Gasteiger partial charge on any atom is 0.206 e. The van der Waals surface area contributed by atoms with Gasteiger partial charge in [0.05, 0.1) is 5.52 Å². The minimum Gasteiger partial charge on any atom is -0.506 e. The van der Waals surface area contributed by atoms with Crippen molar-refractivity contribution in [1.82, 2.24) is 9.55 Å². The van der Waals surface area contributed by atoms with E-state index in [0.717, 1.165) is 5.69 Å². The monoisotopic (exact) mass is 225 g/mol. The number of nitrogens with zero attached hydrogens (tertiary/aromatic N) is 2. The predicted octanol–water partition coefficient (Wildman–Crippen LogP) is 2.31. The van der Waals surface area contributed by atoms with Crippen molar-refractivity contribution in [2.75, 3.05) is 5.73 Å². The first-order valence-electron chi connectivity index (χ1n) is 5.29. The van der Waals surface area contributed by atoms with Gasteiger partial charge >= 0.3 is 0 Å². The summed E-state index contributed by atoms with van der Waals surface area (Å²) < 4.78 is 1.74. The second kappa shape index (κ2) is 3.52. The zero-order valence-electron chi connectivity index (χ0n) is 9.04. The predicted molar refractivity (Wildman–Crippen MR) is 67.1 cm³/mol. The molecule has 0 atom stereocenters. The Morgan fingerprint density at radius 1 is 1.00 bits per heavy atom. The molecule has 0 unspecified atom stereocenters. The van der Waals surface area contributed by atoms with E-state index in [2.05, 4.69) is 4.98 Å².